The van der Waals surface area contributed by atoms with E-state index in [4.69, 9.17) is 9.47 Å². The molecule has 2 aromatic rings. The van der Waals surface area contributed by atoms with Gasteiger partial charge in [-0.25, -0.2) is 0 Å². The van der Waals surface area contributed by atoms with Crippen molar-refractivity contribution in [2.75, 3.05) is 26.2 Å². The van der Waals surface area contributed by atoms with Crippen molar-refractivity contribution in [1.29, 1.82) is 0 Å². The number of aliphatic hydroxyl groups excluding tert-OH is 1. The summed E-state index contributed by atoms with van der Waals surface area (Å²) in [7, 11) is 0. The first kappa shape index (κ1) is 36.9. The molecule has 1 unspecified atom stereocenters. The number of nitrogens with one attached hydrogen (secondary N) is 2. The lowest BCUT2D eigenvalue weighted by Crippen LogP contribution is -2.47. The summed E-state index contributed by atoms with van der Waals surface area (Å²) in [5.41, 5.74) is -0.184. The zero-order valence-electron chi connectivity index (χ0n) is 26.5. The molecular weight excluding hydrogens is 630 g/mol. The minimum atomic E-state index is -0.962. The number of hydrogen-bond acceptors (Lipinski definition) is 8. The Kier molecular flexibility index (Phi) is 13.5. The number of halogens is 1. The first-order valence-electron chi connectivity index (χ1n) is 14.7. The molecule has 10 nitrogen and oxygen atoms in total. The first-order valence-corrected chi connectivity index (χ1v) is 14.7. The Bertz CT molecular complexity index is 1290. The third kappa shape index (κ3) is 10.7. The quantitative estimate of drug-likeness (QED) is 0.184. The van der Waals surface area contributed by atoms with Crippen LogP contribution in [0.4, 0.5) is 0 Å². The van der Waals surface area contributed by atoms with Crippen LogP contribution in [-0.2, 0) is 25.6 Å². The fourth-order valence-electron chi connectivity index (χ4n) is 4.36. The van der Waals surface area contributed by atoms with Crippen molar-refractivity contribution in [3.63, 3.8) is 0 Å². The van der Waals surface area contributed by atoms with Crippen molar-refractivity contribution in [2.24, 2.45) is 10.8 Å². The van der Waals surface area contributed by atoms with E-state index in [-0.39, 0.29) is 53.3 Å². The van der Waals surface area contributed by atoms with Gasteiger partial charge >= 0.3 is 11.9 Å². The van der Waals surface area contributed by atoms with Crippen LogP contribution in [0.25, 0.3) is 0 Å². The van der Waals surface area contributed by atoms with Crippen LogP contribution in [0.1, 0.15) is 71.6 Å². The third-order valence-electron chi connectivity index (χ3n) is 7.00. The Morgan fingerprint density at radius 3 is 2.14 bits per heavy atom. The van der Waals surface area contributed by atoms with Gasteiger partial charge in [-0.15, -0.1) is 17.0 Å². The van der Waals surface area contributed by atoms with Crippen LogP contribution in [0.15, 0.2) is 48.5 Å². The van der Waals surface area contributed by atoms with E-state index >= 15 is 0 Å². The molecule has 0 aromatic heterocycles. The Balaban J connectivity index is 0.00000675. The molecule has 3 rings (SSSR count). The van der Waals surface area contributed by atoms with Gasteiger partial charge in [-0.05, 0) is 77.6 Å². The van der Waals surface area contributed by atoms with Crippen LogP contribution < -0.4 is 20.1 Å². The molecule has 0 bridgehead atoms. The van der Waals surface area contributed by atoms with Crippen LogP contribution in [-0.4, -0.2) is 66.0 Å². The number of esters is 2. The number of nitrogens with zero attached hydrogens (tertiary/aromatic N) is 1. The van der Waals surface area contributed by atoms with Gasteiger partial charge in [0.2, 0.25) is 11.8 Å². The van der Waals surface area contributed by atoms with Gasteiger partial charge in [0, 0.05) is 26.2 Å². The smallest absolute Gasteiger partial charge is 0.316 e. The van der Waals surface area contributed by atoms with E-state index in [2.05, 4.69) is 10.6 Å². The summed E-state index contributed by atoms with van der Waals surface area (Å²) < 4.78 is 11.1. The van der Waals surface area contributed by atoms with E-state index in [1.54, 1.807) is 52.5 Å². The number of amides is 2. The SMILES string of the molecule is Br.CC(C)(C)C(=O)Oc1ccc(C(O)CNCCNC(=O)[C@@H]2CCCN2C(=O)Cc2ccccc2)cc1OC(=O)C(C)(C)C. The summed E-state index contributed by atoms with van der Waals surface area (Å²) in [4.78, 5) is 52.4. The van der Waals surface area contributed by atoms with E-state index < -0.39 is 34.9 Å². The van der Waals surface area contributed by atoms with E-state index in [0.717, 1.165) is 12.0 Å². The molecule has 44 heavy (non-hydrogen) atoms. The van der Waals surface area contributed by atoms with Gasteiger partial charge in [-0.2, -0.15) is 0 Å². The molecule has 2 atom stereocenters. The Morgan fingerprint density at radius 2 is 1.52 bits per heavy atom. The monoisotopic (exact) mass is 675 g/mol. The summed E-state index contributed by atoms with van der Waals surface area (Å²) >= 11 is 0. The number of ether oxygens (including phenoxy) is 2. The number of likely N-dealkylation sites (tertiary alicyclic amines) is 1. The molecule has 1 heterocycles. The predicted octanol–water partition coefficient (Wildman–Crippen LogP) is 4.14. The third-order valence-corrected chi connectivity index (χ3v) is 7.00. The minimum absolute atomic E-state index is 0. The summed E-state index contributed by atoms with van der Waals surface area (Å²) in [6.07, 6.45) is 0.712. The summed E-state index contributed by atoms with van der Waals surface area (Å²) in [6.45, 7) is 11.7. The van der Waals surface area contributed by atoms with Crippen LogP contribution in [0, 0.1) is 10.8 Å². The molecule has 0 spiro atoms. The largest absolute Gasteiger partial charge is 0.422 e. The van der Waals surface area contributed by atoms with Gasteiger partial charge in [0.25, 0.3) is 0 Å². The van der Waals surface area contributed by atoms with Crippen LogP contribution in [0.2, 0.25) is 0 Å². The van der Waals surface area contributed by atoms with Crippen LogP contribution in [0.3, 0.4) is 0 Å². The summed E-state index contributed by atoms with van der Waals surface area (Å²) in [6, 6.07) is 13.6. The average Bonchev–Trinajstić information content (AvgIpc) is 3.43. The zero-order chi connectivity index (χ0) is 31.8. The average molecular weight is 677 g/mol. The molecule has 1 fully saturated rings. The predicted molar refractivity (Wildman–Crippen MR) is 173 cm³/mol. The lowest BCUT2D eigenvalue weighted by Gasteiger charge is -2.24. The number of carbonyl (C=O) groups is 4. The van der Waals surface area contributed by atoms with Crippen molar-refractivity contribution < 1.29 is 33.8 Å². The highest BCUT2D eigenvalue weighted by molar-refractivity contribution is 8.93. The molecule has 0 saturated carbocycles. The van der Waals surface area contributed by atoms with Crippen molar-refractivity contribution in [3.05, 3.63) is 59.7 Å². The van der Waals surface area contributed by atoms with Crippen molar-refractivity contribution in [2.45, 2.75) is 73.0 Å². The molecule has 242 valence electrons. The Labute approximate surface area is 270 Å². The highest BCUT2D eigenvalue weighted by Gasteiger charge is 2.34. The molecular formula is C33H46BrN3O7. The fraction of sp³-hybridized carbons (Fsp3) is 0.515. The highest BCUT2D eigenvalue weighted by Crippen LogP contribution is 2.34. The highest BCUT2D eigenvalue weighted by atomic mass is 79.9. The fourth-order valence-corrected chi connectivity index (χ4v) is 4.36. The van der Waals surface area contributed by atoms with E-state index in [0.29, 0.717) is 31.6 Å². The van der Waals surface area contributed by atoms with E-state index in [1.165, 1.54) is 12.1 Å². The molecule has 2 aromatic carbocycles. The van der Waals surface area contributed by atoms with Gasteiger partial charge in [-0.1, -0.05) is 36.4 Å². The van der Waals surface area contributed by atoms with Crippen LogP contribution >= 0.6 is 17.0 Å². The number of carbonyl (C=O) groups excluding carboxylic acids is 4. The maximum absolute atomic E-state index is 12.8. The van der Waals surface area contributed by atoms with Gasteiger partial charge in [0.15, 0.2) is 11.5 Å². The molecule has 0 radical (unpaired) electrons. The molecule has 11 heteroatoms. The molecule has 1 saturated heterocycles. The second kappa shape index (κ2) is 16.2. The summed E-state index contributed by atoms with van der Waals surface area (Å²) in [5, 5.41) is 16.8. The number of aliphatic hydroxyl groups is 1. The molecule has 3 N–H and O–H groups in total. The maximum Gasteiger partial charge on any atom is 0.316 e. The lowest BCUT2D eigenvalue weighted by atomic mass is 9.97. The number of hydrogen-bond donors (Lipinski definition) is 3. The Hall–Kier alpha value is -3.28. The van der Waals surface area contributed by atoms with Crippen molar-refractivity contribution in [1.82, 2.24) is 15.5 Å². The standard InChI is InChI=1S/C33H45N3O7.BrH/c1-32(2,3)30(40)42-26-15-14-23(20-27(26)43-31(41)33(4,5)6)25(37)21-34-16-17-35-29(39)24-13-10-18-36(24)28(38)19-22-11-8-7-9-12-22;/h7-9,11-12,14-15,20,24-25,34,37H,10,13,16-19,21H2,1-6H3,(H,35,39);1H/t24-,25?;/m0./s1. The minimum Gasteiger partial charge on any atom is -0.422 e. The normalized spacial score (nSPS) is 15.6. The topological polar surface area (TPSA) is 134 Å². The lowest BCUT2D eigenvalue weighted by molar-refractivity contribution is -0.145. The Morgan fingerprint density at radius 1 is 0.909 bits per heavy atom. The van der Waals surface area contributed by atoms with Crippen molar-refractivity contribution >= 4 is 40.7 Å². The number of benzene rings is 2. The molecule has 2 amide bonds. The zero-order valence-corrected chi connectivity index (χ0v) is 28.2. The first-order chi connectivity index (χ1) is 20.2. The van der Waals surface area contributed by atoms with Crippen molar-refractivity contribution in [3.8, 4) is 11.5 Å². The maximum atomic E-state index is 12.8. The molecule has 0 aliphatic carbocycles. The van der Waals surface area contributed by atoms with Crippen LogP contribution in [0.5, 0.6) is 11.5 Å². The van der Waals surface area contributed by atoms with Gasteiger partial charge in [0.1, 0.15) is 6.04 Å². The van der Waals surface area contributed by atoms with Gasteiger partial charge in [0.05, 0.1) is 23.4 Å². The second-order valence-corrected chi connectivity index (χ2v) is 12.9. The van der Waals surface area contributed by atoms with E-state index in [1.807, 2.05) is 30.3 Å². The van der Waals surface area contributed by atoms with Gasteiger partial charge in [-0.3, -0.25) is 19.2 Å². The molecule has 1 aliphatic rings. The van der Waals surface area contributed by atoms with Gasteiger partial charge < -0.3 is 30.1 Å². The van der Waals surface area contributed by atoms with E-state index in [9.17, 15) is 24.3 Å². The second-order valence-electron chi connectivity index (χ2n) is 12.9. The number of rotatable bonds is 11. The molecule has 1 aliphatic heterocycles. The summed E-state index contributed by atoms with van der Waals surface area (Å²) in [5.74, 6) is -1.11.